The number of hydrogen-bond donors (Lipinski definition) is 2. The quantitative estimate of drug-likeness (QED) is 0.852. The van der Waals surface area contributed by atoms with E-state index < -0.39 is 17.4 Å². The summed E-state index contributed by atoms with van der Waals surface area (Å²) in [6, 6.07) is 1.25. The van der Waals surface area contributed by atoms with Crippen molar-refractivity contribution in [1.82, 2.24) is 15.5 Å². The van der Waals surface area contributed by atoms with E-state index in [0.717, 1.165) is 0 Å². The van der Waals surface area contributed by atoms with Crippen LogP contribution < -0.4 is 11.1 Å². The van der Waals surface area contributed by atoms with Gasteiger partial charge in [0.1, 0.15) is 5.54 Å². The molecular formula is C9H10Cl2N4O2. The molecule has 0 aliphatic carbocycles. The largest absolute Gasteiger partial charge is 0.368 e. The van der Waals surface area contributed by atoms with Crippen LogP contribution in [0.3, 0.4) is 0 Å². The molecule has 0 unspecified atom stereocenters. The van der Waals surface area contributed by atoms with E-state index in [4.69, 9.17) is 28.9 Å². The summed E-state index contributed by atoms with van der Waals surface area (Å²) in [6.07, 6.45) is 0. The molecule has 92 valence electrons. The third-order valence-electron chi connectivity index (χ3n) is 2.01. The zero-order valence-corrected chi connectivity index (χ0v) is 10.6. The van der Waals surface area contributed by atoms with E-state index in [-0.39, 0.29) is 15.9 Å². The fraction of sp³-hybridized carbons (Fsp3) is 0.333. The van der Waals surface area contributed by atoms with Gasteiger partial charge in [0.05, 0.1) is 5.56 Å². The van der Waals surface area contributed by atoms with Crippen molar-refractivity contribution in [3.8, 4) is 0 Å². The lowest BCUT2D eigenvalue weighted by atomic mass is 10.0. The molecule has 0 spiro atoms. The minimum atomic E-state index is -1.20. The molecule has 0 saturated carbocycles. The minimum Gasteiger partial charge on any atom is -0.368 e. The lowest BCUT2D eigenvalue weighted by Crippen LogP contribution is -2.53. The van der Waals surface area contributed by atoms with Gasteiger partial charge in [-0.05, 0) is 19.9 Å². The highest BCUT2D eigenvalue weighted by Crippen LogP contribution is 2.16. The maximum Gasteiger partial charge on any atom is 0.255 e. The van der Waals surface area contributed by atoms with Crippen LogP contribution in [0, 0.1) is 0 Å². The first-order valence-electron chi connectivity index (χ1n) is 4.55. The van der Waals surface area contributed by atoms with Gasteiger partial charge in [0.2, 0.25) is 5.91 Å². The molecule has 17 heavy (non-hydrogen) atoms. The van der Waals surface area contributed by atoms with E-state index in [9.17, 15) is 9.59 Å². The zero-order valence-electron chi connectivity index (χ0n) is 9.12. The summed E-state index contributed by atoms with van der Waals surface area (Å²) in [4.78, 5) is 22.9. The van der Waals surface area contributed by atoms with Gasteiger partial charge in [0.15, 0.2) is 10.3 Å². The van der Waals surface area contributed by atoms with E-state index in [2.05, 4.69) is 15.5 Å². The molecule has 0 radical (unpaired) electrons. The van der Waals surface area contributed by atoms with Gasteiger partial charge in [0.25, 0.3) is 5.91 Å². The molecule has 3 N–H and O–H groups in total. The highest BCUT2D eigenvalue weighted by Gasteiger charge is 2.28. The van der Waals surface area contributed by atoms with Crippen LogP contribution in [0.4, 0.5) is 0 Å². The van der Waals surface area contributed by atoms with Crippen molar-refractivity contribution in [2.75, 3.05) is 0 Å². The predicted octanol–water partition coefficient (Wildman–Crippen LogP) is 0.777. The lowest BCUT2D eigenvalue weighted by molar-refractivity contribution is -0.122. The average Bonchev–Trinajstić information content (AvgIpc) is 2.20. The van der Waals surface area contributed by atoms with Crippen molar-refractivity contribution in [3.63, 3.8) is 0 Å². The average molecular weight is 277 g/mol. The third kappa shape index (κ3) is 3.28. The second-order valence-electron chi connectivity index (χ2n) is 3.81. The highest BCUT2D eigenvalue weighted by atomic mass is 35.5. The molecule has 0 atom stereocenters. The summed E-state index contributed by atoms with van der Waals surface area (Å²) in [5.41, 5.74) is 3.95. The van der Waals surface area contributed by atoms with Gasteiger partial charge in [0, 0.05) is 0 Å². The summed E-state index contributed by atoms with van der Waals surface area (Å²) in [7, 11) is 0. The molecule has 1 rings (SSSR count). The van der Waals surface area contributed by atoms with Gasteiger partial charge in [-0.2, -0.15) is 0 Å². The van der Waals surface area contributed by atoms with Gasteiger partial charge in [-0.25, -0.2) is 0 Å². The molecule has 0 aliphatic rings. The Bertz CT molecular complexity index is 476. The van der Waals surface area contributed by atoms with E-state index >= 15 is 0 Å². The normalized spacial score (nSPS) is 11.1. The number of primary amides is 1. The molecule has 1 aromatic rings. The number of aromatic nitrogens is 2. The van der Waals surface area contributed by atoms with Crippen molar-refractivity contribution >= 4 is 35.0 Å². The Morgan fingerprint density at radius 3 is 2.47 bits per heavy atom. The number of nitrogens with zero attached hydrogens (tertiary/aromatic N) is 2. The molecule has 2 amide bonds. The van der Waals surface area contributed by atoms with Gasteiger partial charge >= 0.3 is 0 Å². The summed E-state index contributed by atoms with van der Waals surface area (Å²) in [5, 5.41) is 9.28. The monoisotopic (exact) mass is 276 g/mol. The van der Waals surface area contributed by atoms with Crippen LogP contribution in [-0.4, -0.2) is 27.6 Å². The van der Waals surface area contributed by atoms with Crippen LogP contribution in [0.25, 0.3) is 0 Å². The first-order chi connectivity index (χ1) is 7.74. The van der Waals surface area contributed by atoms with Crippen molar-refractivity contribution in [3.05, 3.63) is 21.9 Å². The van der Waals surface area contributed by atoms with Gasteiger partial charge < -0.3 is 11.1 Å². The number of carbonyl (C=O) groups excluding carboxylic acids is 2. The molecule has 1 aromatic heterocycles. The van der Waals surface area contributed by atoms with Crippen molar-refractivity contribution in [2.45, 2.75) is 19.4 Å². The minimum absolute atomic E-state index is 0.0245. The number of amides is 2. The van der Waals surface area contributed by atoms with Gasteiger partial charge in [-0.15, -0.1) is 10.2 Å². The topological polar surface area (TPSA) is 98.0 Å². The van der Waals surface area contributed by atoms with Crippen molar-refractivity contribution in [1.29, 1.82) is 0 Å². The third-order valence-corrected chi connectivity index (χ3v) is 2.47. The van der Waals surface area contributed by atoms with E-state index in [1.807, 2.05) is 0 Å². The maximum atomic E-state index is 11.8. The maximum absolute atomic E-state index is 11.8. The molecule has 1 heterocycles. The molecule has 0 saturated heterocycles. The number of nitrogens with one attached hydrogen (secondary N) is 1. The van der Waals surface area contributed by atoms with Crippen LogP contribution in [-0.2, 0) is 4.79 Å². The zero-order chi connectivity index (χ0) is 13.2. The fourth-order valence-electron chi connectivity index (χ4n) is 0.925. The molecule has 0 bridgehead atoms. The number of halogens is 2. The smallest absolute Gasteiger partial charge is 0.255 e. The van der Waals surface area contributed by atoms with E-state index in [0.29, 0.717) is 0 Å². The Balaban J connectivity index is 2.98. The van der Waals surface area contributed by atoms with Crippen LogP contribution in [0.15, 0.2) is 6.07 Å². The van der Waals surface area contributed by atoms with Crippen LogP contribution in [0.2, 0.25) is 10.3 Å². The molecule has 6 nitrogen and oxygen atoms in total. The van der Waals surface area contributed by atoms with Crippen molar-refractivity contribution < 1.29 is 9.59 Å². The number of rotatable bonds is 3. The Hall–Kier alpha value is -1.40. The summed E-state index contributed by atoms with van der Waals surface area (Å²) < 4.78 is 0. The van der Waals surface area contributed by atoms with E-state index in [1.165, 1.54) is 19.9 Å². The fourth-order valence-corrected chi connectivity index (χ4v) is 1.25. The van der Waals surface area contributed by atoms with Crippen molar-refractivity contribution in [2.24, 2.45) is 5.73 Å². The molecular weight excluding hydrogens is 267 g/mol. The SMILES string of the molecule is CC(C)(NC(=O)c1cc(Cl)nnc1Cl)C(N)=O. The summed E-state index contributed by atoms with van der Waals surface area (Å²) in [6.45, 7) is 2.94. The number of nitrogens with two attached hydrogens (primary N) is 1. The molecule has 0 fully saturated rings. The Morgan fingerprint density at radius 1 is 1.35 bits per heavy atom. The molecule has 0 aliphatic heterocycles. The van der Waals surface area contributed by atoms with Crippen LogP contribution in [0.1, 0.15) is 24.2 Å². The van der Waals surface area contributed by atoms with Gasteiger partial charge in [-0.1, -0.05) is 23.2 Å². The summed E-state index contributed by atoms with van der Waals surface area (Å²) in [5.74, 6) is -1.27. The number of carbonyl (C=O) groups is 2. The molecule has 0 aromatic carbocycles. The van der Waals surface area contributed by atoms with E-state index in [1.54, 1.807) is 0 Å². The first kappa shape index (κ1) is 13.7. The standard InChI is InChI=1S/C9H10Cl2N4O2/c1-9(2,8(12)17)13-7(16)4-3-5(10)14-15-6(4)11/h3H,1-2H3,(H2,12,17)(H,13,16). The summed E-state index contributed by atoms with van der Waals surface area (Å²) >= 11 is 11.3. The Kier molecular flexibility index (Phi) is 3.90. The lowest BCUT2D eigenvalue weighted by Gasteiger charge is -2.22. The Labute approximate surface area is 107 Å². The first-order valence-corrected chi connectivity index (χ1v) is 5.31. The molecule has 8 heteroatoms. The highest BCUT2D eigenvalue weighted by molar-refractivity contribution is 6.34. The van der Waals surface area contributed by atoms with Crippen LogP contribution >= 0.6 is 23.2 Å². The van der Waals surface area contributed by atoms with Crippen LogP contribution in [0.5, 0.6) is 0 Å². The predicted molar refractivity (Wildman–Crippen MR) is 62.8 cm³/mol. The second kappa shape index (κ2) is 4.85. The van der Waals surface area contributed by atoms with Gasteiger partial charge in [-0.3, -0.25) is 9.59 Å². The second-order valence-corrected chi connectivity index (χ2v) is 4.56. The Morgan fingerprint density at radius 2 is 1.94 bits per heavy atom. The number of hydrogen-bond acceptors (Lipinski definition) is 4.